The molecule has 132 valence electrons. The van der Waals surface area contributed by atoms with Crippen LogP contribution in [0.15, 0.2) is 26.7 Å². The number of H-pyrrole nitrogens is 1. The zero-order chi connectivity index (χ0) is 18.1. The van der Waals surface area contributed by atoms with Crippen molar-refractivity contribution < 1.29 is 8.42 Å². The maximum Gasteiger partial charge on any atom is 0.329 e. The van der Waals surface area contributed by atoms with Crippen molar-refractivity contribution in [1.82, 2.24) is 19.3 Å². The molecule has 0 saturated carbocycles. The van der Waals surface area contributed by atoms with E-state index in [1.165, 1.54) is 13.1 Å². The van der Waals surface area contributed by atoms with E-state index in [-0.39, 0.29) is 22.5 Å². The quantitative estimate of drug-likeness (QED) is 0.633. The highest BCUT2D eigenvalue weighted by Crippen LogP contribution is 2.19. The summed E-state index contributed by atoms with van der Waals surface area (Å²) in [6.45, 7) is 3.84. The molecule has 0 fully saturated rings. The summed E-state index contributed by atoms with van der Waals surface area (Å²) in [4.78, 5) is 29.4. The number of pyridine rings is 1. The molecule has 2 aromatic rings. The van der Waals surface area contributed by atoms with E-state index in [1.807, 2.05) is 13.8 Å². The van der Waals surface area contributed by atoms with Gasteiger partial charge in [-0.2, -0.15) is 0 Å². The van der Waals surface area contributed by atoms with E-state index >= 15 is 0 Å². The van der Waals surface area contributed by atoms with Crippen LogP contribution < -0.4 is 21.7 Å². The first kappa shape index (κ1) is 18.3. The van der Waals surface area contributed by atoms with Gasteiger partial charge < -0.3 is 5.73 Å². The lowest BCUT2D eigenvalue weighted by Gasteiger charge is -2.30. The van der Waals surface area contributed by atoms with Crippen LogP contribution in [-0.4, -0.2) is 35.0 Å². The van der Waals surface area contributed by atoms with Gasteiger partial charge in [-0.05, 0) is 18.9 Å². The molecule has 0 spiro atoms. The first-order valence-electron chi connectivity index (χ1n) is 7.53. The summed E-state index contributed by atoms with van der Waals surface area (Å²) < 4.78 is 29.0. The molecule has 0 atom stereocenters. The highest BCUT2D eigenvalue weighted by atomic mass is 32.2. The van der Waals surface area contributed by atoms with Crippen LogP contribution >= 0.6 is 0 Å². The third kappa shape index (κ3) is 3.12. The largest absolute Gasteiger partial charge is 0.329 e. The first-order valence-corrected chi connectivity index (χ1v) is 9.01. The molecule has 0 amide bonds. The molecule has 24 heavy (non-hydrogen) atoms. The predicted octanol–water partition coefficient (Wildman–Crippen LogP) is -0.582. The summed E-state index contributed by atoms with van der Waals surface area (Å²) in [6.07, 6.45) is 2.17. The first-order chi connectivity index (χ1) is 11.2. The topological polar surface area (TPSA) is 140 Å². The van der Waals surface area contributed by atoms with Crippen LogP contribution in [0.5, 0.6) is 0 Å². The molecule has 0 unspecified atom stereocenters. The van der Waals surface area contributed by atoms with Crippen LogP contribution in [0.4, 0.5) is 0 Å². The third-order valence-electron chi connectivity index (χ3n) is 4.33. The fraction of sp³-hybridized carbons (Fsp3) is 0.500. The van der Waals surface area contributed by atoms with Crippen molar-refractivity contribution in [2.75, 3.05) is 6.54 Å². The third-order valence-corrected chi connectivity index (χ3v) is 5.88. The molecule has 0 aromatic carbocycles. The molecular formula is C14H21N5O4S. The summed E-state index contributed by atoms with van der Waals surface area (Å²) in [7, 11) is -2.48. The number of aromatic nitrogens is 3. The molecule has 0 radical (unpaired) electrons. The molecule has 9 nitrogen and oxygen atoms in total. The molecule has 2 heterocycles. The zero-order valence-corrected chi connectivity index (χ0v) is 14.6. The van der Waals surface area contributed by atoms with E-state index in [2.05, 4.69) is 14.7 Å². The van der Waals surface area contributed by atoms with Crippen LogP contribution in [0.3, 0.4) is 0 Å². The molecule has 4 N–H and O–H groups in total. The standard InChI is InChI=1S/C14H21N5O4S/c1-4-14(5-2,8-15)18-24(22,23)9-6-10-11(16-7-9)19(3)13(21)17-12(10)20/h6-7,18H,4-5,8,15H2,1-3H3,(H,17,20,21). The minimum Gasteiger partial charge on any atom is -0.329 e. The van der Waals surface area contributed by atoms with E-state index in [1.54, 1.807) is 0 Å². The Morgan fingerprint density at radius 2 is 1.96 bits per heavy atom. The molecule has 0 bridgehead atoms. The van der Waals surface area contributed by atoms with Gasteiger partial charge in [0.25, 0.3) is 5.56 Å². The number of fused-ring (bicyclic) bond motifs is 1. The molecule has 2 rings (SSSR count). The van der Waals surface area contributed by atoms with Crippen molar-refractivity contribution in [3.8, 4) is 0 Å². The van der Waals surface area contributed by atoms with E-state index in [0.717, 1.165) is 10.8 Å². The summed E-state index contributed by atoms with van der Waals surface area (Å²) >= 11 is 0. The van der Waals surface area contributed by atoms with Gasteiger partial charge in [-0.3, -0.25) is 14.3 Å². The Kier molecular flexibility index (Phi) is 4.92. The minimum atomic E-state index is -3.92. The van der Waals surface area contributed by atoms with E-state index in [9.17, 15) is 18.0 Å². The number of nitrogens with one attached hydrogen (secondary N) is 2. The minimum absolute atomic E-state index is 0.0197. The summed E-state index contributed by atoms with van der Waals surface area (Å²) in [6, 6.07) is 1.20. The monoisotopic (exact) mass is 355 g/mol. The smallest absolute Gasteiger partial charge is 0.329 e. The average Bonchev–Trinajstić information content (AvgIpc) is 2.57. The van der Waals surface area contributed by atoms with Crippen molar-refractivity contribution in [2.45, 2.75) is 37.1 Å². The highest BCUT2D eigenvalue weighted by molar-refractivity contribution is 7.89. The number of aromatic amines is 1. The van der Waals surface area contributed by atoms with Gasteiger partial charge in [0.15, 0.2) is 0 Å². The lowest BCUT2D eigenvalue weighted by molar-refractivity contribution is 0.363. The number of hydrogen-bond acceptors (Lipinski definition) is 6. The van der Waals surface area contributed by atoms with Crippen molar-refractivity contribution in [3.05, 3.63) is 33.1 Å². The number of sulfonamides is 1. The van der Waals surface area contributed by atoms with Gasteiger partial charge >= 0.3 is 5.69 Å². The van der Waals surface area contributed by atoms with E-state index < -0.39 is 26.8 Å². The Morgan fingerprint density at radius 1 is 1.33 bits per heavy atom. The fourth-order valence-corrected chi connectivity index (χ4v) is 3.96. The van der Waals surface area contributed by atoms with Gasteiger partial charge in [-0.1, -0.05) is 13.8 Å². The summed E-state index contributed by atoms with van der Waals surface area (Å²) in [5, 5.41) is 0.0197. The normalized spacial score (nSPS) is 12.7. The van der Waals surface area contributed by atoms with E-state index in [0.29, 0.717) is 12.8 Å². The predicted molar refractivity (Wildman–Crippen MR) is 90.3 cm³/mol. The Labute approximate surface area is 139 Å². The van der Waals surface area contributed by atoms with Crippen molar-refractivity contribution >= 4 is 21.1 Å². The van der Waals surface area contributed by atoms with Crippen molar-refractivity contribution in [3.63, 3.8) is 0 Å². The van der Waals surface area contributed by atoms with Crippen LogP contribution in [0.1, 0.15) is 26.7 Å². The van der Waals surface area contributed by atoms with Crippen molar-refractivity contribution in [2.24, 2.45) is 12.8 Å². The number of rotatable bonds is 6. The maximum absolute atomic E-state index is 12.6. The lowest BCUT2D eigenvalue weighted by Crippen LogP contribution is -2.52. The Morgan fingerprint density at radius 3 is 2.50 bits per heavy atom. The van der Waals surface area contributed by atoms with Gasteiger partial charge in [0.05, 0.1) is 5.39 Å². The van der Waals surface area contributed by atoms with Gasteiger partial charge in [-0.25, -0.2) is 22.9 Å². The van der Waals surface area contributed by atoms with Gasteiger partial charge in [0.1, 0.15) is 10.5 Å². The molecule has 0 aliphatic rings. The molecular weight excluding hydrogens is 334 g/mol. The number of hydrogen-bond donors (Lipinski definition) is 3. The Bertz CT molecular complexity index is 965. The van der Waals surface area contributed by atoms with Crippen molar-refractivity contribution in [1.29, 1.82) is 0 Å². The van der Waals surface area contributed by atoms with Gasteiger partial charge in [0.2, 0.25) is 10.0 Å². The molecule has 0 saturated heterocycles. The second kappa shape index (κ2) is 6.46. The van der Waals surface area contributed by atoms with Crippen LogP contribution in [0.2, 0.25) is 0 Å². The number of aryl methyl sites for hydroxylation is 1. The maximum atomic E-state index is 12.6. The average molecular weight is 355 g/mol. The van der Waals surface area contributed by atoms with Crippen LogP contribution in [0.25, 0.3) is 11.0 Å². The van der Waals surface area contributed by atoms with Gasteiger partial charge in [-0.15, -0.1) is 0 Å². The Balaban J connectivity index is 2.60. The van der Waals surface area contributed by atoms with Gasteiger partial charge in [0, 0.05) is 25.3 Å². The summed E-state index contributed by atoms with van der Waals surface area (Å²) in [5.41, 5.74) is 3.78. The Hall–Kier alpha value is -2.04. The molecule has 2 aromatic heterocycles. The highest BCUT2D eigenvalue weighted by Gasteiger charge is 2.31. The molecule has 0 aliphatic heterocycles. The zero-order valence-electron chi connectivity index (χ0n) is 13.8. The van der Waals surface area contributed by atoms with Crippen LogP contribution in [-0.2, 0) is 17.1 Å². The second-order valence-electron chi connectivity index (χ2n) is 5.66. The fourth-order valence-electron chi connectivity index (χ4n) is 2.43. The SMILES string of the molecule is CCC(CC)(CN)NS(=O)(=O)c1cnc2c(c1)c(=O)[nH]c(=O)n2C. The summed E-state index contributed by atoms with van der Waals surface area (Å²) in [5.74, 6) is 0. The van der Waals surface area contributed by atoms with Crippen LogP contribution in [0, 0.1) is 0 Å². The second-order valence-corrected chi connectivity index (χ2v) is 7.34. The molecule has 10 heteroatoms. The number of nitrogens with zero attached hydrogens (tertiary/aromatic N) is 2. The number of nitrogens with two attached hydrogens (primary N) is 1. The van der Waals surface area contributed by atoms with E-state index in [4.69, 9.17) is 5.73 Å². The molecule has 0 aliphatic carbocycles. The lowest BCUT2D eigenvalue weighted by atomic mass is 9.95.